The number of nitrogens with one attached hydrogen (secondary N) is 2. The zero-order valence-corrected chi connectivity index (χ0v) is 20.4. The maximum atomic E-state index is 14.9. The topological polar surface area (TPSA) is 88.9 Å². The van der Waals surface area contributed by atoms with Crippen molar-refractivity contribution in [2.75, 3.05) is 5.32 Å². The summed E-state index contributed by atoms with van der Waals surface area (Å²) in [5, 5.41) is 9.29. The van der Waals surface area contributed by atoms with Gasteiger partial charge in [-0.05, 0) is 30.3 Å². The lowest BCUT2D eigenvalue weighted by Gasteiger charge is -2.16. The highest BCUT2D eigenvalue weighted by Crippen LogP contribution is 2.38. The summed E-state index contributed by atoms with van der Waals surface area (Å²) < 4.78 is 57.2. The molecular weight excluding hydrogens is 502 g/mol. The molecule has 0 spiro atoms. The van der Waals surface area contributed by atoms with Crippen molar-refractivity contribution in [1.82, 2.24) is 20.1 Å². The summed E-state index contributed by atoms with van der Waals surface area (Å²) in [5.74, 6) is -2.45. The monoisotopic (exact) mass is 525 g/mol. The van der Waals surface area contributed by atoms with Crippen molar-refractivity contribution < 1.29 is 27.2 Å². The minimum atomic E-state index is -4.86. The Labute approximate surface area is 215 Å². The summed E-state index contributed by atoms with van der Waals surface area (Å²) >= 11 is 0. The van der Waals surface area contributed by atoms with Crippen molar-refractivity contribution in [3.63, 3.8) is 0 Å². The number of benzene rings is 2. The Kier molecular flexibility index (Phi) is 7.56. The second-order valence-corrected chi connectivity index (χ2v) is 8.40. The van der Waals surface area contributed by atoms with Gasteiger partial charge in [0.2, 0.25) is 5.91 Å². The fraction of sp³-hybridized carbons (Fsp3) is 0.185. The maximum absolute atomic E-state index is 14.9. The number of pyridine rings is 1. The van der Waals surface area contributed by atoms with Crippen molar-refractivity contribution in [2.24, 2.45) is 7.05 Å². The molecule has 38 heavy (non-hydrogen) atoms. The number of aromatic nitrogens is 3. The summed E-state index contributed by atoms with van der Waals surface area (Å²) in [6.07, 6.45) is -3.12. The van der Waals surface area contributed by atoms with Crippen LogP contribution in [-0.4, -0.2) is 26.6 Å². The number of anilines is 1. The van der Waals surface area contributed by atoms with Crippen LogP contribution in [0.25, 0.3) is 22.5 Å². The van der Waals surface area contributed by atoms with Crippen LogP contribution in [0.15, 0.2) is 66.9 Å². The molecule has 2 aromatic heterocycles. The van der Waals surface area contributed by atoms with Crippen LogP contribution < -0.4 is 10.6 Å². The standard InChI is InChI=1S/C27H23F4N5O2/c1-3-24(37)32-15-17-9-10-23(25(33-17)16-7-5-4-6-8-16)34-26(38)19-13-18(22-11-12-36(2)35-22)20(14-21(19)28)27(29,30)31/h4-14H,3,15H2,1-2H3,(H,32,37)(H,34,38). The van der Waals surface area contributed by atoms with Gasteiger partial charge in [0.05, 0.1) is 40.4 Å². The van der Waals surface area contributed by atoms with Crippen LogP contribution in [0.5, 0.6) is 0 Å². The van der Waals surface area contributed by atoms with Crippen molar-refractivity contribution in [3.8, 4) is 22.5 Å². The predicted molar refractivity (Wildman–Crippen MR) is 133 cm³/mol. The van der Waals surface area contributed by atoms with E-state index < -0.39 is 34.6 Å². The van der Waals surface area contributed by atoms with Crippen LogP contribution in [0.4, 0.5) is 23.2 Å². The summed E-state index contributed by atoms with van der Waals surface area (Å²) in [5.41, 5.74) is -0.598. The van der Waals surface area contributed by atoms with Gasteiger partial charge >= 0.3 is 6.18 Å². The molecule has 4 rings (SSSR count). The Balaban J connectivity index is 1.73. The molecule has 0 unspecified atom stereocenters. The Bertz CT molecular complexity index is 1480. The molecule has 11 heteroatoms. The minimum Gasteiger partial charge on any atom is -0.350 e. The van der Waals surface area contributed by atoms with Crippen molar-refractivity contribution in [1.29, 1.82) is 0 Å². The molecule has 0 saturated heterocycles. The Hall–Kier alpha value is -4.54. The first-order chi connectivity index (χ1) is 18.1. The molecule has 0 aliphatic heterocycles. The van der Waals surface area contributed by atoms with E-state index in [-0.39, 0.29) is 23.8 Å². The number of halogens is 4. The van der Waals surface area contributed by atoms with Crippen LogP contribution >= 0.6 is 0 Å². The molecule has 196 valence electrons. The summed E-state index contributed by atoms with van der Waals surface area (Å²) in [6, 6.07) is 14.5. The molecule has 2 heterocycles. The smallest absolute Gasteiger partial charge is 0.350 e. The number of alkyl halides is 3. The number of nitrogens with zero attached hydrogens (tertiary/aromatic N) is 3. The molecule has 0 bridgehead atoms. The van der Waals surface area contributed by atoms with E-state index in [1.165, 1.54) is 24.0 Å². The zero-order valence-electron chi connectivity index (χ0n) is 20.4. The quantitative estimate of drug-likeness (QED) is 0.308. The Morgan fingerprint density at radius 1 is 1.03 bits per heavy atom. The van der Waals surface area contributed by atoms with Crippen molar-refractivity contribution >= 4 is 17.5 Å². The van der Waals surface area contributed by atoms with E-state index in [1.54, 1.807) is 49.4 Å². The van der Waals surface area contributed by atoms with Crippen LogP contribution in [0.2, 0.25) is 0 Å². The molecule has 4 aromatic rings. The normalized spacial score (nSPS) is 11.3. The third kappa shape index (κ3) is 5.88. The Morgan fingerprint density at radius 2 is 1.76 bits per heavy atom. The molecular formula is C27H23F4N5O2. The van der Waals surface area contributed by atoms with E-state index in [0.717, 1.165) is 6.07 Å². The molecule has 2 amide bonds. The fourth-order valence-corrected chi connectivity index (χ4v) is 3.77. The average Bonchev–Trinajstić information content (AvgIpc) is 3.33. The molecule has 2 aromatic carbocycles. The highest BCUT2D eigenvalue weighted by molar-refractivity contribution is 6.07. The van der Waals surface area contributed by atoms with Gasteiger partial charge in [0.15, 0.2) is 0 Å². The number of amides is 2. The van der Waals surface area contributed by atoms with Gasteiger partial charge in [-0.1, -0.05) is 37.3 Å². The predicted octanol–water partition coefficient (Wildman–Crippen LogP) is 5.59. The number of hydrogen-bond acceptors (Lipinski definition) is 4. The number of rotatable bonds is 7. The van der Waals surface area contributed by atoms with Gasteiger partial charge in [0, 0.05) is 30.8 Å². The van der Waals surface area contributed by atoms with Crippen LogP contribution in [0.1, 0.15) is 35.0 Å². The number of carbonyl (C=O) groups excluding carboxylic acids is 2. The molecule has 7 nitrogen and oxygen atoms in total. The number of hydrogen-bond donors (Lipinski definition) is 2. The van der Waals surface area contributed by atoms with Gasteiger partial charge in [0.1, 0.15) is 5.82 Å². The highest BCUT2D eigenvalue weighted by atomic mass is 19.4. The average molecular weight is 526 g/mol. The third-order valence-electron chi connectivity index (χ3n) is 5.68. The molecule has 0 aliphatic carbocycles. The molecule has 0 saturated carbocycles. The summed E-state index contributed by atoms with van der Waals surface area (Å²) in [4.78, 5) is 29.4. The van der Waals surface area contributed by atoms with E-state index in [4.69, 9.17) is 0 Å². The van der Waals surface area contributed by atoms with Gasteiger partial charge in [-0.2, -0.15) is 18.3 Å². The first kappa shape index (κ1) is 26.5. The molecule has 0 radical (unpaired) electrons. The molecule has 0 atom stereocenters. The first-order valence-corrected chi connectivity index (χ1v) is 11.6. The first-order valence-electron chi connectivity index (χ1n) is 11.6. The van der Waals surface area contributed by atoms with Crippen LogP contribution in [0, 0.1) is 5.82 Å². The third-order valence-corrected chi connectivity index (χ3v) is 5.68. The summed E-state index contributed by atoms with van der Waals surface area (Å²) in [6.45, 7) is 1.87. The van der Waals surface area contributed by atoms with E-state index in [0.29, 0.717) is 29.4 Å². The fourth-order valence-electron chi connectivity index (χ4n) is 3.77. The lowest BCUT2D eigenvalue weighted by molar-refractivity contribution is -0.137. The number of carbonyl (C=O) groups is 2. The van der Waals surface area contributed by atoms with Gasteiger partial charge < -0.3 is 10.6 Å². The second kappa shape index (κ2) is 10.8. The molecule has 2 N–H and O–H groups in total. The van der Waals surface area contributed by atoms with Gasteiger partial charge in [-0.15, -0.1) is 0 Å². The van der Waals surface area contributed by atoms with Crippen molar-refractivity contribution in [2.45, 2.75) is 26.1 Å². The van der Waals surface area contributed by atoms with Crippen LogP contribution in [-0.2, 0) is 24.6 Å². The van der Waals surface area contributed by atoms with Gasteiger partial charge in [0.25, 0.3) is 5.91 Å². The van der Waals surface area contributed by atoms with E-state index in [2.05, 4.69) is 20.7 Å². The lowest BCUT2D eigenvalue weighted by Crippen LogP contribution is -2.22. The second-order valence-electron chi connectivity index (χ2n) is 8.40. The van der Waals surface area contributed by atoms with E-state index in [1.807, 2.05) is 0 Å². The maximum Gasteiger partial charge on any atom is 0.417 e. The van der Waals surface area contributed by atoms with Gasteiger partial charge in [-0.25, -0.2) is 9.37 Å². The zero-order chi connectivity index (χ0) is 27.4. The molecule has 0 fully saturated rings. The highest BCUT2D eigenvalue weighted by Gasteiger charge is 2.36. The van der Waals surface area contributed by atoms with E-state index >= 15 is 0 Å². The van der Waals surface area contributed by atoms with E-state index in [9.17, 15) is 27.2 Å². The van der Waals surface area contributed by atoms with Crippen molar-refractivity contribution in [3.05, 3.63) is 89.5 Å². The molecule has 0 aliphatic rings. The number of aryl methyl sites for hydroxylation is 1. The minimum absolute atomic E-state index is 0.0565. The van der Waals surface area contributed by atoms with Crippen LogP contribution in [0.3, 0.4) is 0 Å². The largest absolute Gasteiger partial charge is 0.417 e. The van der Waals surface area contributed by atoms with Gasteiger partial charge in [-0.3, -0.25) is 14.3 Å². The Morgan fingerprint density at radius 3 is 2.39 bits per heavy atom. The summed E-state index contributed by atoms with van der Waals surface area (Å²) in [7, 11) is 1.53. The lowest BCUT2D eigenvalue weighted by atomic mass is 9.99. The SMILES string of the molecule is CCC(=O)NCc1ccc(NC(=O)c2cc(-c3ccn(C)n3)c(C(F)(F)F)cc2F)c(-c2ccccc2)n1.